The number of nitrogens with one attached hydrogen (secondary N) is 2. The number of nitrogens with zero attached hydrogens (tertiary/aromatic N) is 1. The van der Waals surface area contributed by atoms with Gasteiger partial charge < -0.3 is 15.4 Å². The van der Waals surface area contributed by atoms with E-state index in [1.807, 2.05) is 18.2 Å². The Morgan fingerprint density at radius 2 is 1.77 bits per heavy atom. The van der Waals surface area contributed by atoms with Crippen molar-refractivity contribution in [3.8, 4) is 0 Å². The maximum Gasteiger partial charge on any atom is 0.407 e. The van der Waals surface area contributed by atoms with Crippen molar-refractivity contribution in [2.75, 3.05) is 26.2 Å². The molecule has 0 radical (unpaired) electrons. The molecule has 6 nitrogen and oxygen atoms in total. The summed E-state index contributed by atoms with van der Waals surface area (Å²) in [6.07, 6.45) is 0.721. The Morgan fingerprint density at radius 1 is 1.12 bits per heavy atom. The van der Waals surface area contributed by atoms with Gasteiger partial charge in [0, 0.05) is 26.2 Å². The first-order valence-corrected chi connectivity index (χ1v) is 9.44. The standard InChI is InChI=1S/C20H31N3O3/c1-4-26-20(25)22-11-19(24)21-10-17-7-5-6-8-18(17)14-23-12-15(2)9-16(3)13-23/h5-8,15-16H,4,9-14H2,1-3H3,(H,21,24)(H,22,25)/t15-,16-/m1/s1. The molecule has 1 aromatic carbocycles. The summed E-state index contributed by atoms with van der Waals surface area (Å²) < 4.78 is 4.74. The van der Waals surface area contributed by atoms with Gasteiger partial charge >= 0.3 is 6.09 Å². The van der Waals surface area contributed by atoms with Crippen LogP contribution < -0.4 is 10.6 Å². The quantitative estimate of drug-likeness (QED) is 0.783. The molecule has 2 rings (SSSR count). The number of piperidine rings is 1. The lowest BCUT2D eigenvalue weighted by Crippen LogP contribution is -2.39. The minimum absolute atomic E-state index is 0.0812. The summed E-state index contributed by atoms with van der Waals surface area (Å²) in [7, 11) is 0. The third-order valence-electron chi connectivity index (χ3n) is 4.60. The first-order chi connectivity index (χ1) is 12.5. The number of amides is 2. The molecule has 0 bridgehead atoms. The van der Waals surface area contributed by atoms with Crippen molar-refractivity contribution in [3.05, 3.63) is 35.4 Å². The SMILES string of the molecule is CCOC(=O)NCC(=O)NCc1ccccc1CN1C[C@H](C)C[C@@H](C)C1. The molecule has 1 aromatic rings. The maximum atomic E-state index is 11.9. The molecule has 144 valence electrons. The molecular formula is C20H31N3O3. The molecule has 0 unspecified atom stereocenters. The third kappa shape index (κ3) is 6.67. The number of ether oxygens (including phenoxy) is 1. The van der Waals surface area contributed by atoms with Crippen LogP contribution in [0, 0.1) is 11.8 Å². The second-order valence-corrected chi connectivity index (χ2v) is 7.26. The fourth-order valence-electron chi connectivity index (χ4n) is 3.64. The van der Waals surface area contributed by atoms with Crippen LogP contribution in [0.4, 0.5) is 4.79 Å². The number of hydrogen-bond donors (Lipinski definition) is 2. The van der Waals surface area contributed by atoms with E-state index in [1.165, 1.54) is 12.0 Å². The fraction of sp³-hybridized carbons (Fsp3) is 0.600. The van der Waals surface area contributed by atoms with E-state index in [9.17, 15) is 9.59 Å². The van der Waals surface area contributed by atoms with Crippen LogP contribution in [0.1, 0.15) is 38.3 Å². The van der Waals surface area contributed by atoms with Gasteiger partial charge in [-0.3, -0.25) is 9.69 Å². The Labute approximate surface area is 156 Å². The van der Waals surface area contributed by atoms with Crippen LogP contribution in [-0.2, 0) is 22.6 Å². The van der Waals surface area contributed by atoms with Gasteiger partial charge in [0.25, 0.3) is 0 Å². The Kier molecular flexibility index (Phi) is 7.91. The smallest absolute Gasteiger partial charge is 0.407 e. The summed E-state index contributed by atoms with van der Waals surface area (Å²) in [5.74, 6) is 1.22. The van der Waals surface area contributed by atoms with Gasteiger partial charge in [-0.15, -0.1) is 0 Å². The van der Waals surface area contributed by atoms with E-state index in [-0.39, 0.29) is 19.1 Å². The van der Waals surface area contributed by atoms with E-state index in [0.717, 1.165) is 37.0 Å². The Balaban J connectivity index is 1.86. The van der Waals surface area contributed by atoms with Crippen molar-refractivity contribution < 1.29 is 14.3 Å². The van der Waals surface area contributed by atoms with E-state index in [2.05, 4.69) is 35.4 Å². The van der Waals surface area contributed by atoms with Crippen molar-refractivity contribution in [2.45, 2.75) is 40.3 Å². The van der Waals surface area contributed by atoms with E-state index >= 15 is 0 Å². The second kappa shape index (κ2) is 10.2. The molecule has 1 fully saturated rings. The van der Waals surface area contributed by atoms with E-state index in [1.54, 1.807) is 6.92 Å². The summed E-state index contributed by atoms with van der Waals surface area (Å²) in [6.45, 7) is 10.1. The van der Waals surface area contributed by atoms with Crippen molar-refractivity contribution in [1.29, 1.82) is 0 Å². The lowest BCUT2D eigenvalue weighted by Gasteiger charge is -2.35. The number of carbonyl (C=O) groups excluding carboxylic acids is 2. The summed E-state index contributed by atoms with van der Waals surface area (Å²) in [4.78, 5) is 25.7. The van der Waals surface area contributed by atoms with Gasteiger partial charge in [0.2, 0.25) is 5.91 Å². The topological polar surface area (TPSA) is 70.7 Å². The molecule has 2 atom stereocenters. The maximum absolute atomic E-state index is 11.9. The monoisotopic (exact) mass is 361 g/mol. The van der Waals surface area contributed by atoms with Crippen molar-refractivity contribution in [3.63, 3.8) is 0 Å². The fourth-order valence-corrected chi connectivity index (χ4v) is 3.64. The molecule has 0 saturated carbocycles. The molecule has 1 aliphatic heterocycles. The van der Waals surface area contributed by atoms with Crippen molar-refractivity contribution in [2.24, 2.45) is 11.8 Å². The predicted octanol–water partition coefficient (Wildman–Crippen LogP) is 2.53. The molecule has 1 aliphatic rings. The number of alkyl carbamates (subject to hydrolysis) is 1. The molecule has 26 heavy (non-hydrogen) atoms. The number of rotatable bonds is 7. The predicted molar refractivity (Wildman–Crippen MR) is 102 cm³/mol. The molecule has 2 amide bonds. The highest BCUT2D eigenvalue weighted by Crippen LogP contribution is 2.23. The largest absolute Gasteiger partial charge is 0.450 e. The number of likely N-dealkylation sites (tertiary alicyclic amines) is 1. The molecule has 1 saturated heterocycles. The molecule has 0 spiro atoms. The number of hydrogen-bond acceptors (Lipinski definition) is 4. The van der Waals surface area contributed by atoms with Crippen LogP contribution in [0.15, 0.2) is 24.3 Å². The molecule has 0 aromatic heterocycles. The zero-order chi connectivity index (χ0) is 18.9. The normalized spacial score (nSPS) is 20.4. The highest BCUT2D eigenvalue weighted by Gasteiger charge is 2.22. The first-order valence-electron chi connectivity index (χ1n) is 9.44. The molecule has 0 aliphatic carbocycles. The van der Waals surface area contributed by atoms with E-state index in [0.29, 0.717) is 6.54 Å². The van der Waals surface area contributed by atoms with Gasteiger partial charge in [0.15, 0.2) is 0 Å². The van der Waals surface area contributed by atoms with Crippen LogP contribution >= 0.6 is 0 Å². The van der Waals surface area contributed by atoms with Gasteiger partial charge in [0.05, 0.1) is 6.61 Å². The number of carbonyl (C=O) groups is 2. The van der Waals surface area contributed by atoms with Gasteiger partial charge in [-0.25, -0.2) is 4.79 Å². The lowest BCUT2D eigenvalue weighted by atomic mass is 9.91. The zero-order valence-electron chi connectivity index (χ0n) is 16.1. The average Bonchev–Trinajstić information content (AvgIpc) is 2.58. The van der Waals surface area contributed by atoms with Crippen molar-refractivity contribution >= 4 is 12.0 Å². The first kappa shape index (κ1) is 20.2. The van der Waals surface area contributed by atoms with Gasteiger partial charge in [0.1, 0.15) is 6.54 Å². The van der Waals surface area contributed by atoms with Crippen molar-refractivity contribution in [1.82, 2.24) is 15.5 Å². The molecule has 1 heterocycles. The lowest BCUT2D eigenvalue weighted by molar-refractivity contribution is -0.120. The zero-order valence-corrected chi connectivity index (χ0v) is 16.1. The minimum Gasteiger partial charge on any atom is -0.450 e. The Hall–Kier alpha value is -2.08. The van der Waals surface area contributed by atoms with Crippen LogP contribution in [-0.4, -0.2) is 43.1 Å². The Morgan fingerprint density at radius 3 is 2.42 bits per heavy atom. The van der Waals surface area contributed by atoms with Gasteiger partial charge in [-0.2, -0.15) is 0 Å². The van der Waals surface area contributed by atoms with Crippen LogP contribution in [0.5, 0.6) is 0 Å². The van der Waals surface area contributed by atoms with Crippen LogP contribution in [0.3, 0.4) is 0 Å². The highest BCUT2D eigenvalue weighted by molar-refractivity contribution is 5.82. The van der Waals surface area contributed by atoms with E-state index < -0.39 is 6.09 Å². The average molecular weight is 361 g/mol. The second-order valence-electron chi connectivity index (χ2n) is 7.26. The molecule has 6 heteroatoms. The molecule has 2 N–H and O–H groups in total. The van der Waals surface area contributed by atoms with Gasteiger partial charge in [-0.1, -0.05) is 38.1 Å². The number of benzene rings is 1. The summed E-state index contributed by atoms with van der Waals surface area (Å²) in [6, 6.07) is 8.20. The molecular weight excluding hydrogens is 330 g/mol. The summed E-state index contributed by atoms with van der Waals surface area (Å²) in [5.41, 5.74) is 2.36. The summed E-state index contributed by atoms with van der Waals surface area (Å²) >= 11 is 0. The highest BCUT2D eigenvalue weighted by atomic mass is 16.5. The van der Waals surface area contributed by atoms with E-state index in [4.69, 9.17) is 4.74 Å². The van der Waals surface area contributed by atoms with Crippen LogP contribution in [0.25, 0.3) is 0 Å². The van der Waals surface area contributed by atoms with Crippen LogP contribution in [0.2, 0.25) is 0 Å². The summed E-state index contributed by atoms with van der Waals surface area (Å²) in [5, 5.41) is 5.29. The minimum atomic E-state index is -0.573. The Bertz CT molecular complexity index is 596. The third-order valence-corrected chi connectivity index (χ3v) is 4.60. The van der Waals surface area contributed by atoms with Gasteiger partial charge in [-0.05, 0) is 36.3 Å².